The van der Waals surface area contributed by atoms with Gasteiger partial charge in [-0.15, -0.1) is 0 Å². The van der Waals surface area contributed by atoms with Crippen LogP contribution in [0.25, 0.3) is 0 Å². The average Bonchev–Trinajstić information content (AvgIpc) is 2.37. The lowest BCUT2D eigenvalue weighted by atomic mass is 10.1. The summed E-state index contributed by atoms with van der Waals surface area (Å²) in [4.78, 5) is 0. The number of phenols is 1. The van der Waals surface area contributed by atoms with Gasteiger partial charge in [0.2, 0.25) is 0 Å². The first-order valence-electron chi connectivity index (χ1n) is 5.84. The fourth-order valence-electron chi connectivity index (χ4n) is 1.68. The van der Waals surface area contributed by atoms with Gasteiger partial charge in [0, 0.05) is 0 Å². The molecule has 0 radical (unpaired) electrons. The van der Waals surface area contributed by atoms with Gasteiger partial charge in [0.25, 0.3) is 0 Å². The number of aliphatic hydroxyl groups excluding tert-OH is 1. The highest BCUT2D eigenvalue weighted by molar-refractivity contribution is 5.31. The normalized spacial score (nSPS) is 12.1. The second-order valence-electron chi connectivity index (χ2n) is 4.21. The van der Waals surface area contributed by atoms with Gasteiger partial charge in [-0.1, -0.05) is 24.3 Å². The molecule has 2 rings (SSSR count). The van der Waals surface area contributed by atoms with Crippen molar-refractivity contribution in [2.24, 2.45) is 0 Å². The number of hydrogen-bond acceptors (Lipinski definition) is 3. The van der Waals surface area contributed by atoms with Gasteiger partial charge in [-0.3, -0.25) is 0 Å². The first-order chi connectivity index (χ1) is 8.65. The Kier molecular flexibility index (Phi) is 3.85. The van der Waals surface area contributed by atoms with Crippen molar-refractivity contribution >= 4 is 0 Å². The summed E-state index contributed by atoms with van der Waals surface area (Å²) in [7, 11) is 0. The topological polar surface area (TPSA) is 49.7 Å². The zero-order valence-electron chi connectivity index (χ0n) is 10.2. The molecular weight excluding hydrogens is 228 g/mol. The Morgan fingerprint density at radius 2 is 1.89 bits per heavy atom. The van der Waals surface area contributed by atoms with E-state index in [1.807, 2.05) is 30.3 Å². The van der Waals surface area contributed by atoms with Crippen molar-refractivity contribution < 1.29 is 14.9 Å². The molecule has 0 amide bonds. The molecule has 18 heavy (non-hydrogen) atoms. The summed E-state index contributed by atoms with van der Waals surface area (Å²) in [5.74, 6) is 0.936. The molecule has 0 saturated heterocycles. The number of rotatable bonds is 4. The van der Waals surface area contributed by atoms with Gasteiger partial charge < -0.3 is 14.9 Å². The fraction of sp³-hybridized carbons (Fsp3) is 0.200. The van der Waals surface area contributed by atoms with Crippen molar-refractivity contribution in [3.8, 4) is 11.5 Å². The van der Waals surface area contributed by atoms with Gasteiger partial charge in [-0.2, -0.15) is 0 Å². The standard InChI is InChI=1S/C15H16O3/c1-11(16)13-5-3-7-15(9-13)18-10-12-4-2-6-14(17)8-12/h2-9,11,16-17H,10H2,1H3. The van der Waals surface area contributed by atoms with Crippen molar-refractivity contribution in [1.82, 2.24) is 0 Å². The molecule has 0 saturated carbocycles. The Bertz CT molecular complexity index is 521. The Hall–Kier alpha value is -2.00. The maximum atomic E-state index is 9.48. The highest BCUT2D eigenvalue weighted by Gasteiger charge is 2.02. The van der Waals surface area contributed by atoms with Gasteiger partial charge in [0.05, 0.1) is 6.10 Å². The van der Waals surface area contributed by atoms with E-state index < -0.39 is 6.10 Å². The van der Waals surface area contributed by atoms with Crippen molar-refractivity contribution in [3.05, 3.63) is 59.7 Å². The van der Waals surface area contributed by atoms with Gasteiger partial charge in [-0.25, -0.2) is 0 Å². The summed E-state index contributed by atoms with van der Waals surface area (Å²) in [6, 6.07) is 14.3. The molecule has 0 aliphatic carbocycles. The van der Waals surface area contributed by atoms with Crippen molar-refractivity contribution in [1.29, 1.82) is 0 Å². The van der Waals surface area contributed by atoms with Crippen molar-refractivity contribution in [3.63, 3.8) is 0 Å². The number of aromatic hydroxyl groups is 1. The van der Waals surface area contributed by atoms with E-state index in [-0.39, 0.29) is 5.75 Å². The van der Waals surface area contributed by atoms with Crippen molar-refractivity contribution in [2.45, 2.75) is 19.6 Å². The number of hydrogen-bond donors (Lipinski definition) is 2. The number of phenolic OH excluding ortho intramolecular Hbond substituents is 1. The van der Waals surface area contributed by atoms with E-state index in [1.165, 1.54) is 0 Å². The molecule has 0 aromatic heterocycles. The van der Waals surface area contributed by atoms with Crippen LogP contribution in [0.3, 0.4) is 0 Å². The van der Waals surface area contributed by atoms with E-state index in [0.29, 0.717) is 12.4 Å². The third-order valence-corrected chi connectivity index (χ3v) is 2.66. The molecule has 1 unspecified atom stereocenters. The zero-order chi connectivity index (χ0) is 13.0. The Morgan fingerprint density at radius 1 is 1.11 bits per heavy atom. The minimum atomic E-state index is -0.505. The molecule has 0 aliphatic rings. The van der Waals surface area contributed by atoms with Crippen LogP contribution in [0.2, 0.25) is 0 Å². The molecule has 94 valence electrons. The Morgan fingerprint density at radius 3 is 2.61 bits per heavy atom. The van der Waals surface area contributed by atoms with Crippen LogP contribution in [0.1, 0.15) is 24.2 Å². The molecule has 2 aromatic carbocycles. The second kappa shape index (κ2) is 5.56. The van der Waals surface area contributed by atoms with Gasteiger partial charge in [0.1, 0.15) is 18.1 Å². The quantitative estimate of drug-likeness (QED) is 0.869. The summed E-state index contributed by atoms with van der Waals surface area (Å²) in [5, 5.41) is 18.8. The number of benzene rings is 2. The van der Waals surface area contributed by atoms with E-state index in [2.05, 4.69) is 0 Å². The molecular formula is C15H16O3. The minimum Gasteiger partial charge on any atom is -0.508 e. The maximum Gasteiger partial charge on any atom is 0.120 e. The largest absolute Gasteiger partial charge is 0.508 e. The number of ether oxygens (including phenoxy) is 1. The van der Waals surface area contributed by atoms with Gasteiger partial charge in [0.15, 0.2) is 0 Å². The van der Waals surface area contributed by atoms with E-state index in [4.69, 9.17) is 4.74 Å². The lowest BCUT2D eigenvalue weighted by molar-refractivity contribution is 0.198. The predicted molar refractivity (Wildman–Crippen MR) is 69.5 cm³/mol. The summed E-state index contributed by atoms with van der Waals surface area (Å²) in [5.41, 5.74) is 1.72. The molecule has 3 nitrogen and oxygen atoms in total. The monoisotopic (exact) mass is 244 g/mol. The van der Waals surface area contributed by atoms with Crippen LogP contribution in [0, 0.1) is 0 Å². The van der Waals surface area contributed by atoms with Crippen molar-refractivity contribution in [2.75, 3.05) is 0 Å². The molecule has 0 fully saturated rings. The minimum absolute atomic E-state index is 0.230. The van der Waals surface area contributed by atoms with Crippen LogP contribution >= 0.6 is 0 Å². The van der Waals surface area contributed by atoms with Crippen LogP contribution in [-0.4, -0.2) is 10.2 Å². The first kappa shape index (κ1) is 12.5. The predicted octanol–water partition coefficient (Wildman–Crippen LogP) is 3.02. The van der Waals surface area contributed by atoms with Gasteiger partial charge in [-0.05, 0) is 42.3 Å². The average molecular weight is 244 g/mol. The third-order valence-electron chi connectivity index (χ3n) is 2.66. The highest BCUT2D eigenvalue weighted by Crippen LogP contribution is 2.20. The van der Waals surface area contributed by atoms with E-state index in [1.54, 1.807) is 25.1 Å². The summed E-state index contributed by atoms with van der Waals surface area (Å²) in [6.45, 7) is 2.10. The molecule has 0 bridgehead atoms. The van der Waals surface area contributed by atoms with E-state index in [0.717, 1.165) is 11.1 Å². The lowest BCUT2D eigenvalue weighted by Crippen LogP contribution is -1.97. The van der Waals surface area contributed by atoms with E-state index in [9.17, 15) is 10.2 Å². The summed E-state index contributed by atoms with van der Waals surface area (Å²) < 4.78 is 5.62. The third kappa shape index (κ3) is 3.25. The summed E-state index contributed by atoms with van der Waals surface area (Å²) >= 11 is 0. The number of aliphatic hydroxyl groups is 1. The van der Waals surface area contributed by atoms with Crippen LogP contribution < -0.4 is 4.74 Å². The fourth-order valence-corrected chi connectivity index (χ4v) is 1.68. The van der Waals surface area contributed by atoms with Crippen LogP contribution in [0.15, 0.2) is 48.5 Å². The molecule has 0 heterocycles. The maximum absolute atomic E-state index is 9.48. The van der Waals surface area contributed by atoms with Crippen LogP contribution in [0.4, 0.5) is 0 Å². The first-order valence-corrected chi connectivity index (χ1v) is 5.84. The highest BCUT2D eigenvalue weighted by atomic mass is 16.5. The van der Waals surface area contributed by atoms with E-state index >= 15 is 0 Å². The smallest absolute Gasteiger partial charge is 0.120 e. The molecule has 0 aliphatic heterocycles. The summed E-state index contributed by atoms with van der Waals surface area (Å²) in [6.07, 6.45) is -0.505. The molecule has 3 heteroatoms. The van der Waals surface area contributed by atoms with Crippen LogP contribution in [0.5, 0.6) is 11.5 Å². The lowest BCUT2D eigenvalue weighted by Gasteiger charge is -2.09. The second-order valence-corrected chi connectivity index (χ2v) is 4.21. The molecule has 2 N–H and O–H groups in total. The molecule has 0 spiro atoms. The zero-order valence-corrected chi connectivity index (χ0v) is 10.2. The molecule has 2 aromatic rings. The van der Waals surface area contributed by atoms with Gasteiger partial charge >= 0.3 is 0 Å². The molecule has 1 atom stereocenters. The Balaban J connectivity index is 2.04. The van der Waals surface area contributed by atoms with Crippen LogP contribution in [-0.2, 0) is 6.61 Å². The SMILES string of the molecule is CC(O)c1cccc(OCc2cccc(O)c2)c1. The Labute approximate surface area is 106 Å².